The van der Waals surface area contributed by atoms with Crippen LogP contribution in [0.2, 0.25) is 0 Å². The number of halogens is 7. The summed E-state index contributed by atoms with van der Waals surface area (Å²) in [6.07, 6.45) is -10.4. The van der Waals surface area contributed by atoms with Gasteiger partial charge in [-0.15, -0.1) is 0 Å². The van der Waals surface area contributed by atoms with Crippen molar-refractivity contribution >= 4 is 27.7 Å². The van der Waals surface area contributed by atoms with Gasteiger partial charge in [0.25, 0.3) is 5.91 Å². The van der Waals surface area contributed by atoms with E-state index in [-0.39, 0.29) is 29.1 Å². The maximum atomic E-state index is 12.8. The standard InChI is InChI=1S/C14H11BrF6N2O2/c1-6(15)2-10(11(22)24)23-12(25)7-3-8(13(16,17)18)5-9(4-7)14(19,20)21/h3-5,10H,1-2H2,(H2,22,24)(H,23,25)/t10-/m0/s1. The van der Waals surface area contributed by atoms with Crippen LogP contribution >= 0.6 is 15.9 Å². The second kappa shape index (κ2) is 7.46. The quantitative estimate of drug-likeness (QED) is 0.697. The number of alkyl halides is 6. The molecule has 138 valence electrons. The summed E-state index contributed by atoms with van der Waals surface area (Å²) in [7, 11) is 0. The number of nitrogens with one attached hydrogen (secondary N) is 1. The Bertz CT molecular complexity index is 667. The average molecular weight is 433 g/mol. The van der Waals surface area contributed by atoms with Gasteiger partial charge < -0.3 is 11.1 Å². The summed E-state index contributed by atoms with van der Waals surface area (Å²) in [5.74, 6) is -2.34. The second-order valence-corrected chi connectivity index (χ2v) is 6.07. The summed E-state index contributed by atoms with van der Waals surface area (Å²) >= 11 is 2.91. The van der Waals surface area contributed by atoms with Crippen LogP contribution in [0.5, 0.6) is 0 Å². The molecule has 0 aromatic heterocycles. The van der Waals surface area contributed by atoms with Crippen LogP contribution in [0.25, 0.3) is 0 Å². The zero-order valence-electron chi connectivity index (χ0n) is 12.3. The summed E-state index contributed by atoms with van der Waals surface area (Å²) in [4.78, 5) is 23.2. The van der Waals surface area contributed by atoms with E-state index in [1.807, 2.05) is 5.32 Å². The fourth-order valence-corrected chi connectivity index (χ4v) is 2.10. The predicted octanol–water partition coefficient (Wildman–Crippen LogP) is 3.61. The number of hydrogen-bond acceptors (Lipinski definition) is 2. The molecular formula is C14H11BrF6N2O2. The molecule has 0 unspecified atom stereocenters. The molecule has 4 nitrogen and oxygen atoms in total. The summed E-state index contributed by atoms with van der Waals surface area (Å²) < 4.78 is 76.9. The van der Waals surface area contributed by atoms with Crippen LogP contribution in [0.1, 0.15) is 27.9 Å². The van der Waals surface area contributed by atoms with Crippen molar-refractivity contribution < 1.29 is 35.9 Å². The number of nitrogens with two attached hydrogens (primary N) is 1. The minimum atomic E-state index is -5.09. The molecule has 0 fully saturated rings. The van der Waals surface area contributed by atoms with E-state index in [9.17, 15) is 35.9 Å². The lowest BCUT2D eigenvalue weighted by atomic mass is 10.0. The molecular weight excluding hydrogens is 422 g/mol. The molecule has 0 aliphatic rings. The Morgan fingerprint density at radius 1 is 1.08 bits per heavy atom. The van der Waals surface area contributed by atoms with Crippen molar-refractivity contribution in [2.45, 2.75) is 24.8 Å². The van der Waals surface area contributed by atoms with Crippen LogP contribution in [0, 0.1) is 0 Å². The Morgan fingerprint density at radius 2 is 1.52 bits per heavy atom. The van der Waals surface area contributed by atoms with Gasteiger partial charge in [-0.2, -0.15) is 26.3 Å². The van der Waals surface area contributed by atoms with E-state index in [1.165, 1.54) is 0 Å². The van der Waals surface area contributed by atoms with Gasteiger partial charge in [0.1, 0.15) is 6.04 Å². The van der Waals surface area contributed by atoms with Gasteiger partial charge in [-0.3, -0.25) is 9.59 Å². The molecule has 0 spiro atoms. The second-order valence-electron chi connectivity index (χ2n) is 4.94. The molecule has 1 atom stereocenters. The molecule has 25 heavy (non-hydrogen) atoms. The topological polar surface area (TPSA) is 72.2 Å². The lowest BCUT2D eigenvalue weighted by Gasteiger charge is -2.17. The van der Waals surface area contributed by atoms with E-state index in [0.29, 0.717) is 0 Å². The average Bonchev–Trinajstić information content (AvgIpc) is 2.43. The first-order valence-electron chi connectivity index (χ1n) is 6.44. The molecule has 1 rings (SSSR count). The SMILES string of the molecule is C=C(Br)C[C@H](NC(=O)c1cc(C(F)(F)F)cc(C(F)(F)F)c1)C(N)=O. The minimum Gasteiger partial charge on any atom is -0.368 e. The third kappa shape index (κ3) is 6.07. The molecule has 1 aromatic carbocycles. The molecule has 0 aliphatic heterocycles. The Kier molecular flexibility index (Phi) is 6.27. The van der Waals surface area contributed by atoms with Crippen LogP contribution in [0.4, 0.5) is 26.3 Å². The summed E-state index contributed by atoms with van der Waals surface area (Å²) in [5, 5.41) is 1.98. The summed E-state index contributed by atoms with van der Waals surface area (Å²) in [6.45, 7) is 3.41. The van der Waals surface area contributed by atoms with Crippen molar-refractivity contribution in [3.05, 3.63) is 46.0 Å². The normalized spacial score (nSPS) is 13.2. The van der Waals surface area contributed by atoms with E-state index >= 15 is 0 Å². The zero-order chi connectivity index (χ0) is 19.6. The first kappa shape index (κ1) is 21.0. The lowest BCUT2D eigenvalue weighted by Crippen LogP contribution is -2.44. The number of carbonyl (C=O) groups is 2. The van der Waals surface area contributed by atoms with Crippen molar-refractivity contribution in [3.8, 4) is 0 Å². The van der Waals surface area contributed by atoms with E-state index in [4.69, 9.17) is 5.73 Å². The molecule has 11 heteroatoms. The minimum absolute atomic E-state index is 0.108. The maximum Gasteiger partial charge on any atom is 0.416 e. The van der Waals surface area contributed by atoms with Crippen LogP contribution in [-0.2, 0) is 17.1 Å². The van der Waals surface area contributed by atoms with E-state index in [0.717, 1.165) is 0 Å². The van der Waals surface area contributed by atoms with Gasteiger partial charge in [0.15, 0.2) is 0 Å². The van der Waals surface area contributed by atoms with Gasteiger partial charge >= 0.3 is 12.4 Å². The molecule has 0 bridgehead atoms. The third-order valence-electron chi connectivity index (χ3n) is 2.92. The Hall–Kier alpha value is -2.04. The van der Waals surface area contributed by atoms with Crippen molar-refractivity contribution in [1.82, 2.24) is 5.32 Å². The zero-order valence-corrected chi connectivity index (χ0v) is 13.8. The van der Waals surface area contributed by atoms with Gasteiger partial charge in [-0.25, -0.2) is 0 Å². The molecule has 0 saturated carbocycles. The Balaban J connectivity index is 3.28. The summed E-state index contributed by atoms with van der Waals surface area (Å²) in [6, 6.07) is -0.955. The van der Waals surface area contributed by atoms with Crippen molar-refractivity contribution in [2.24, 2.45) is 5.73 Å². The van der Waals surface area contributed by atoms with Crippen LogP contribution in [-0.4, -0.2) is 17.9 Å². The number of hydrogen-bond donors (Lipinski definition) is 2. The number of carbonyl (C=O) groups excluding carboxylic acids is 2. The third-order valence-corrected chi connectivity index (χ3v) is 3.25. The van der Waals surface area contributed by atoms with Gasteiger partial charge in [-0.1, -0.05) is 22.5 Å². The number of rotatable bonds is 5. The van der Waals surface area contributed by atoms with Crippen molar-refractivity contribution in [1.29, 1.82) is 0 Å². The molecule has 1 aromatic rings. The van der Waals surface area contributed by atoms with Gasteiger partial charge in [0.05, 0.1) is 11.1 Å². The summed E-state index contributed by atoms with van der Waals surface area (Å²) in [5.41, 5.74) is 0.835. The highest BCUT2D eigenvalue weighted by Gasteiger charge is 2.37. The Morgan fingerprint density at radius 3 is 1.84 bits per heavy atom. The maximum absolute atomic E-state index is 12.8. The highest BCUT2D eigenvalue weighted by atomic mass is 79.9. The molecule has 0 heterocycles. The number of primary amides is 1. The van der Waals surface area contributed by atoms with Gasteiger partial charge in [-0.05, 0) is 22.7 Å². The number of benzene rings is 1. The molecule has 3 N–H and O–H groups in total. The van der Waals surface area contributed by atoms with Crippen LogP contribution in [0.15, 0.2) is 29.3 Å². The van der Waals surface area contributed by atoms with E-state index in [2.05, 4.69) is 22.5 Å². The lowest BCUT2D eigenvalue weighted by molar-refractivity contribution is -0.143. The fraction of sp³-hybridized carbons (Fsp3) is 0.286. The van der Waals surface area contributed by atoms with Gasteiger partial charge in [0, 0.05) is 12.0 Å². The van der Waals surface area contributed by atoms with Crippen molar-refractivity contribution in [2.75, 3.05) is 0 Å². The van der Waals surface area contributed by atoms with Crippen LogP contribution < -0.4 is 11.1 Å². The first-order valence-corrected chi connectivity index (χ1v) is 7.24. The predicted molar refractivity (Wildman–Crippen MR) is 79.6 cm³/mol. The molecule has 2 amide bonds. The molecule has 0 aliphatic carbocycles. The Labute approximate surface area is 146 Å². The highest BCUT2D eigenvalue weighted by Crippen LogP contribution is 2.36. The smallest absolute Gasteiger partial charge is 0.368 e. The number of amides is 2. The van der Waals surface area contributed by atoms with Crippen LogP contribution in [0.3, 0.4) is 0 Å². The molecule has 0 saturated heterocycles. The van der Waals surface area contributed by atoms with E-state index < -0.39 is 46.9 Å². The highest BCUT2D eigenvalue weighted by molar-refractivity contribution is 9.11. The largest absolute Gasteiger partial charge is 0.416 e. The first-order chi connectivity index (χ1) is 11.2. The monoisotopic (exact) mass is 432 g/mol. The fourth-order valence-electron chi connectivity index (χ4n) is 1.77. The molecule has 0 radical (unpaired) electrons. The van der Waals surface area contributed by atoms with E-state index in [1.54, 1.807) is 0 Å². The van der Waals surface area contributed by atoms with Gasteiger partial charge in [0.2, 0.25) is 5.91 Å². The van der Waals surface area contributed by atoms with Crippen molar-refractivity contribution in [3.63, 3.8) is 0 Å².